The standard InChI is InChI=1S/C33H49N5O3Si/c1-31(2)14-12-23(13-15-31)28-27(11-10-26(36-28)24-18-32(3,4)41-33(5,6)19-24)37-30(39)29-35-25(20-34)21-38(29)22-40-16-17-42(7,8)9/h10-12,21,24H,13-19,22H2,1-9H3,(H,37,39)/i12D,13D2,15D. The first-order valence-corrected chi connectivity index (χ1v) is 18.5. The van der Waals surface area contributed by atoms with Gasteiger partial charge >= 0.3 is 0 Å². The number of nitriles is 1. The summed E-state index contributed by atoms with van der Waals surface area (Å²) in [7, 11) is -1.33. The molecule has 4 rings (SSSR count). The second-order valence-corrected chi connectivity index (χ2v) is 20.3. The van der Waals surface area contributed by atoms with Crippen molar-refractivity contribution < 1.29 is 19.8 Å². The summed E-state index contributed by atoms with van der Waals surface area (Å²) in [6.45, 7) is 19.1. The number of amides is 1. The number of hydrogen-bond acceptors (Lipinski definition) is 6. The molecule has 0 saturated carbocycles. The molecule has 9 heteroatoms. The molecule has 1 atom stereocenters. The molecule has 2 aromatic heterocycles. The predicted molar refractivity (Wildman–Crippen MR) is 170 cm³/mol. The molecule has 1 amide bonds. The molecule has 42 heavy (non-hydrogen) atoms. The Bertz CT molecular complexity index is 1540. The van der Waals surface area contributed by atoms with Crippen LogP contribution in [0.1, 0.15) is 113 Å². The fourth-order valence-electron chi connectivity index (χ4n) is 5.60. The maximum absolute atomic E-state index is 13.8. The summed E-state index contributed by atoms with van der Waals surface area (Å²) < 4.78 is 49.6. The zero-order valence-corrected chi connectivity index (χ0v) is 27.6. The fraction of sp³-hybridized carbons (Fsp3) is 0.636. The Balaban J connectivity index is 1.77. The molecule has 2 aromatic rings. The smallest absolute Gasteiger partial charge is 0.291 e. The number of imidazole rings is 1. The van der Waals surface area contributed by atoms with Gasteiger partial charge in [0.15, 0.2) is 5.69 Å². The van der Waals surface area contributed by atoms with Crippen molar-refractivity contribution in [3.8, 4) is 6.07 Å². The molecule has 1 N–H and O–H groups in total. The lowest BCUT2D eigenvalue weighted by atomic mass is 9.77. The van der Waals surface area contributed by atoms with Crippen LogP contribution in [0.3, 0.4) is 0 Å². The summed E-state index contributed by atoms with van der Waals surface area (Å²) in [5, 5.41) is 12.4. The van der Waals surface area contributed by atoms with Crippen LogP contribution >= 0.6 is 0 Å². The van der Waals surface area contributed by atoms with Crippen LogP contribution in [0.15, 0.2) is 24.4 Å². The van der Waals surface area contributed by atoms with E-state index in [9.17, 15) is 10.1 Å². The number of rotatable bonds is 9. The molecule has 3 heterocycles. The predicted octanol–water partition coefficient (Wildman–Crippen LogP) is 7.76. The van der Waals surface area contributed by atoms with Crippen molar-refractivity contribution in [3.05, 3.63) is 47.3 Å². The van der Waals surface area contributed by atoms with Gasteiger partial charge in [0.2, 0.25) is 5.82 Å². The van der Waals surface area contributed by atoms with Gasteiger partial charge < -0.3 is 19.4 Å². The molecule has 0 radical (unpaired) electrons. The third-order valence-electron chi connectivity index (χ3n) is 7.50. The van der Waals surface area contributed by atoms with E-state index in [-0.39, 0.29) is 53.6 Å². The highest BCUT2D eigenvalue weighted by atomic mass is 28.3. The topological polar surface area (TPSA) is 102 Å². The van der Waals surface area contributed by atoms with Gasteiger partial charge in [0.1, 0.15) is 12.8 Å². The van der Waals surface area contributed by atoms with E-state index in [1.807, 2.05) is 39.8 Å². The fourth-order valence-corrected chi connectivity index (χ4v) is 6.36. The summed E-state index contributed by atoms with van der Waals surface area (Å²) >= 11 is 0. The summed E-state index contributed by atoms with van der Waals surface area (Å²) in [5.41, 5.74) is -0.463. The Morgan fingerprint density at radius 3 is 2.55 bits per heavy atom. The van der Waals surface area contributed by atoms with E-state index in [4.69, 9.17) is 19.9 Å². The molecule has 0 bridgehead atoms. The molecule has 1 aliphatic heterocycles. The number of aromatic nitrogens is 3. The van der Waals surface area contributed by atoms with Crippen molar-refractivity contribution in [2.45, 2.75) is 123 Å². The lowest BCUT2D eigenvalue weighted by molar-refractivity contribution is -0.162. The number of hydrogen-bond donors (Lipinski definition) is 1. The van der Waals surface area contributed by atoms with Crippen molar-refractivity contribution in [1.82, 2.24) is 14.5 Å². The van der Waals surface area contributed by atoms with Gasteiger partial charge in [-0.05, 0) is 88.9 Å². The van der Waals surface area contributed by atoms with Gasteiger partial charge in [-0.15, -0.1) is 0 Å². The summed E-state index contributed by atoms with van der Waals surface area (Å²) in [5.74, 6) is -0.662. The van der Waals surface area contributed by atoms with Crippen LogP contribution in [0.25, 0.3) is 5.57 Å². The zero-order valence-electron chi connectivity index (χ0n) is 30.6. The van der Waals surface area contributed by atoms with E-state index in [2.05, 4.69) is 29.9 Å². The van der Waals surface area contributed by atoms with Gasteiger partial charge in [-0.1, -0.05) is 39.5 Å². The van der Waals surface area contributed by atoms with Crippen LogP contribution in [-0.4, -0.2) is 46.3 Å². The molecule has 2 aliphatic rings. The lowest BCUT2D eigenvalue weighted by Gasteiger charge is -2.45. The second kappa shape index (κ2) is 12.1. The van der Waals surface area contributed by atoms with Crippen LogP contribution in [-0.2, 0) is 16.2 Å². The first kappa shape index (κ1) is 26.8. The first-order chi connectivity index (χ1) is 21.1. The molecule has 228 valence electrons. The summed E-state index contributed by atoms with van der Waals surface area (Å²) in [4.78, 5) is 23.0. The highest BCUT2D eigenvalue weighted by Crippen LogP contribution is 2.44. The highest BCUT2D eigenvalue weighted by Gasteiger charge is 2.40. The molecule has 1 aliphatic carbocycles. The molecular formula is C33H49N5O3Si. The minimum atomic E-state index is -2.21. The van der Waals surface area contributed by atoms with Crippen LogP contribution in [0.4, 0.5) is 5.69 Å². The third-order valence-corrected chi connectivity index (χ3v) is 9.20. The zero-order chi connectivity index (χ0) is 34.5. The van der Waals surface area contributed by atoms with E-state index in [1.165, 1.54) is 10.8 Å². The molecule has 1 fully saturated rings. The normalized spacial score (nSPS) is 24.6. The van der Waals surface area contributed by atoms with Gasteiger partial charge in [-0.2, -0.15) is 5.26 Å². The van der Waals surface area contributed by atoms with Gasteiger partial charge in [-0.3, -0.25) is 9.78 Å². The van der Waals surface area contributed by atoms with Gasteiger partial charge in [0.05, 0.1) is 24.0 Å². The number of carbonyl (C=O) groups excluding carboxylic acids is 1. The number of pyridine rings is 1. The van der Waals surface area contributed by atoms with Crippen molar-refractivity contribution >= 4 is 25.2 Å². The van der Waals surface area contributed by atoms with Crippen molar-refractivity contribution in [2.24, 2.45) is 5.41 Å². The van der Waals surface area contributed by atoms with Crippen LogP contribution < -0.4 is 5.32 Å². The first-order valence-electron chi connectivity index (χ1n) is 16.8. The monoisotopic (exact) mass is 595 g/mol. The number of nitrogens with one attached hydrogen (secondary N) is 1. The minimum absolute atomic E-state index is 0.00490. The molecule has 0 aromatic carbocycles. The Morgan fingerprint density at radius 1 is 1.21 bits per heavy atom. The Labute approximate surface area is 258 Å². The van der Waals surface area contributed by atoms with E-state index < -0.39 is 43.4 Å². The molecule has 1 unspecified atom stereocenters. The highest BCUT2D eigenvalue weighted by molar-refractivity contribution is 6.76. The average molecular weight is 596 g/mol. The Kier molecular flexibility index (Phi) is 7.69. The molecule has 1 saturated heterocycles. The maximum atomic E-state index is 13.8. The van der Waals surface area contributed by atoms with Gasteiger partial charge in [0, 0.05) is 36.6 Å². The van der Waals surface area contributed by atoms with E-state index in [0.29, 0.717) is 25.1 Å². The van der Waals surface area contributed by atoms with Crippen LogP contribution in [0.2, 0.25) is 25.7 Å². The van der Waals surface area contributed by atoms with Crippen molar-refractivity contribution in [2.75, 3.05) is 11.9 Å². The lowest BCUT2D eigenvalue weighted by Crippen LogP contribution is -2.44. The number of ether oxygens (including phenoxy) is 2. The molecule has 8 nitrogen and oxygen atoms in total. The quantitative estimate of drug-likeness (QED) is 0.235. The summed E-state index contributed by atoms with van der Waals surface area (Å²) in [6, 6.07) is 6.51. The number of carbonyl (C=O) groups is 1. The number of nitrogens with zero attached hydrogens (tertiary/aromatic N) is 4. The van der Waals surface area contributed by atoms with E-state index in [0.717, 1.165) is 6.04 Å². The Morgan fingerprint density at radius 2 is 1.90 bits per heavy atom. The largest absolute Gasteiger partial charge is 0.370 e. The summed E-state index contributed by atoms with van der Waals surface area (Å²) in [6.07, 6.45) is -0.337. The maximum Gasteiger partial charge on any atom is 0.291 e. The minimum Gasteiger partial charge on any atom is -0.370 e. The average Bonchev–Trinajstić information content (AvgIpc) is 3.31. The SMILES string of the molecule is [2H]C1=C(c2nc(C3CC(C)(C)OC(C)(C)C3)ccc2NC(=O)c2nc(C#N)cn2COCC[Si](C)(C)C)C([2H])([2H])C([2H])C(C)(C)C1. The van der Waals surface area contributed by atoms with Gasteiger partial charge in [0.25, 0.3) is 5.91 Å². The second-order valence-electron chi connectivity index (χ2n) is 14.7. The number of anilines is 1. The third kappa shape index (κ3) is 8.39. The van der Waals surface area contributed by atoms with Crippen LogP contribution in [0.5, 0.6) is 0 Å². The van der Waals surface area contributed by atoms with Crippen LogP contribution in [0, 0.1) is 16.7 Å². The Hall–Kier alpha value is -2.80. The molecule has 0 spiro atoms. The number of allylic oxidation sites excluding steroid dienone is 2. The van der Waals surface area contributed by atoms with E-state index >= 15 is 0 Å². The van der Waals surface area contributed by atoms with E-state index in [1.54, 1.807) is 19.9 Å². The van der Waals surface area contributed by atoms with Crippen molar-refractivity contribution in [3.63, 3.8) is 0 Å². The van der Waals surface area contributed by atoms with Gasteiger partial charge in [-0.25, -0.2) is 4.98 Å². The molecular weight excluding hydrogens is 542 g/mol. The van der Waals surface area contributed by atoms with Crippen molar-refractivity contribution in [1.29, 1.82) is 5.26 Å².